The second-order valence-electron chi connectivity index (χ2n) is 4.87. The highest BCUT2D eigenvalue weighted by molar-refractivity contribution is 8.00. The van der Waals surface area contributed by atoms with E-state index < -0.39 is 5.25 Å². The van der Waals surface area contributed by atoms with E-state index in [0.717, 1.165) is 4.90 Å². The van der Waals surface area contributed by atoms with Gasteiger partial charge in [0.1, 0.15) is 0 Å². The molecule has 2 N–H and O–H groups in total. The van der Waals surface area contributed by atoms with Gasteiger partial charge in [0.05, 0.1) is 16.0 Å². The Kier molecular flexibility index (Phi) is 4.09. The lowest BCUT2D eigenvalue weighted by molar-refractivity contribution is -0.121. The molecule has 1 aliphatic rings. The Hall–Kier alpha value is -1.98. The third-order valence-corrected chi connectivity index (χ3v) is 4.98. The molecule has 0 aliphatic carbocycles. The molecule has 1 atom stereocenters. The number of thioether (sulfide) groups is 1. The minimum atomic E-state index is -0.478. The fraction of sp³-hybridized carbons (Fsp3) is 0.125. The normalized spacial score (nSPS) is 18.0. The first-order chi connectivity index (χ1) is 10.6. The summed E-state index contributed by atoms with van der Waals surface area (Å²) in [6.07, 6.45) is 0.142. The van der Waals surface area contributed by atoms with Gasteiger partial charge in [-0.2, -0.15) is 0 Å². The molecule has 2 aromatic carbocycles. The van der Waals surface area contributed by atoms with Gasteiger partial charge >= 0.3 is 0 Å². The van der Waals surface area contributed by atoms with Crippen LogP contribution in [-0.2, 0) is 9.59 Å². The van der Waals surface area contributed by atoms with Crippen molar-refractivity contribution >= 4 is 46.6 Å². The standard InChI is InChI=1S/C16H13ClN2O2S/c17-10-5-1-3-7-12(10)19-15(20)9-14(16(19)21)22-13-8-4-2-6-11(13)18/h1-8,14H,9,18H2/t14-/m0/s1. The van der Waals surface area contributed by atoms with Crippen LogP contribution in [0.4, 0.5) is 11.4 Å². The fourth-order valence-electron chi connectivity index (χ4n) is 2.32. The van der Waals surface area contributed by atoms with Crippen molar-refractivity contribution in [1.82, 2.24) is 0 Å². The topological polar surface area (TPSA) is 63.4 Å². The van der Waals surface area contributed by atoms with Crippen LogP contribution in [0.3, 0.4) is 0 Å². The molecule has 1 fully saturated rings. The summed E-state index contributed by atoms with van der Waals surface area (Å²) in [5, 5.41) is -0.0949. The third-order valence-electron chi connectivity index (χ3n) is 3.39. The Morgan fingerprint density at radius 2 is 1.77 bits per heavy atom. The summed E-state index contributed by atoms with van der Waals surface area (Å²) in [6.45, 7) is 0. The van der Waals surface area contributed by atoms with Crippen LogP contribution in [0.15, 0.2) is 53.4 Å². The van der Waals surface area contributed by atoms with Crippen LogP contribution in [-0.4, -0.2) is 17.1 Å². The lowest BCUT2D eigenvalue weighted by Crippen LogP contribution is -2.31. The molecule has 1 saturated heterocycles. The van der Waals surface area contributed by atoms with Crippen LogP contribution < -0.4 is 10.6 Å². The predicted molar refractivity (Wildman–Crippen MR) is 89.1 cm³/mol. The number of carbonyl (C=O) groups excluding carboxylic acids is 2. The smallest absolute Gasteiger partial charge is 0.247 e. The lowest BCUT2D eigenvalue weighted by atomic mass is 10.3. The number of benzene rings is 2. The number of halogens is 1. The fourth-order valence-corrected chi connectivity index (χ4v) is 3.64. The molecule has 1 aliphatic heterocycles. The zero-order chi connectivity index (χ0) is 15.7. The Bertz CT molecular complexity index is 750. The van der Waals surface area contributed by atoms with Gasteiger partial charge in [-0.25, -0.2) is 4.90 Å². The number of hydrogen-bond donors (Lipinski definition) is 1. The number of para-hydroxylation sites is 2. The summed E-state index contributed by atoms with van der Waals surface area (Å²) in [7, 11) is 0. The van der Waals surface area contributed by atoms with Gasteiger partial charge in [0.2, 0.25) is 11.8 Å². The van der Waals surface area contributed by atoms with Gasteiger partial charge in [-0.05, 0) is 24.3 Å². The Morgan fingerprint density at radius 3 is 2.50 bits per heavy atom. The second kappa shape index (κ2) is 6.02. The van der Waals surface area contributed by atoms with Crippen LogP contribution in [0.1, 0.15) is 6.42 Å². The quantitative estimate of drug-likeness (QED) is 0.691. The zero-order valence-electron chi connectivity index (χ0n) is 11.5. The molecular weight excluding hydrogens is 320 g/mol. The first kappa shape index (κ1) is 14.9. The van der Waals surface area contributed by atoms with E-state index in [1.807, 2.05) is 18.2 Å². The van der Waals surface area contributed by atoms with Crippen molar-refractivity contribution in [3.05, 3.63) is 53.6 Å². The van der Waals surface area contributed by atoms with Gasteiger partial charge in [0.25, 0.3) is 0 Å². The number of rotatable bonds is 3. The summed E-state index contributed by atoms with van der Waals surface area (Å²) in [5.41, 5.74) is 6.93. The van der Waals surface area contributed by atoms with Crippen LogP contribution in [0.2, 0.25) is 5.02 Å². The molecule has 3 rings (SSSR count). The molecule has 6 heteroatoms. The molecule has 112 valence electrons. The summed E-state index contributed by atoms with van der Waals surface area (Å²) in [5.74, 6) is -0.503. The van der Waals surface area contributed by atoms with Gasteiger partial charge < -0.3 is 5.73 Å². The first-order valence-electron chi connectivity index (χ1n) is 6.70. The number of amides is 2. The Balaban J connectivity index is 1.86. The van der Waals surface area contributed by atoms with Crippen molar-refractivity contribution < 1.29 is 9.59 Å². The minimum absolute atomic E-state index is 0.142. The Labute approximate surface area is 137 Å². The highest BCUT2D eigenvalue weighted by Crippen LogP contribution is 2.37. The molecule has 0 saturated carbocycles. The van der Waals surface area contributed by atoms with Gasteiger partial charge in [-0.1, -0.05) is 35.9 Å². The van der Waals surface area contributed by atoms with Crippen LogP contribution >= 0.6 is 23.4 Å². The van der Waals surface area contributed by atoms with Crippen LogP contribution in [0, 0.1) is 0 Å². The van der Waals surface area contributed by atoms with E-state index in [2.05, 4.69) is 0 Å². The van der Waals surface area contributed by atoms with Gasteiger partial charge in [-0.3, -0.25) is 9.59 Å². The number of imide groups is 1. The van der Waals surface area contributed by atoms with Crippen molar-refractivity contribution in [3.63, 3.8) is 0 Å². The van der Waals surface area contributed by atoms with Gasteiger partial charge in [0.15, 0.2) is 0 Å². The maximum absolute atomic E-state index is 12.6. The van der Waals surface area contributed by atoms with Gasteiger partial charge in [-0.15, -0.1) is 11.8 Å². The van der Waals surface area contributed by atoms with E-state index in [1.54, 1.807) is 30.3 Å². The highest BCUT2D eigenvalue weighted by Gasteiger charge is 2.41. The molecule has 0 spiro atoms. The number of nitrogens with zero attached hydrogens (tertiary/aromatic N) is 1. The average molecular weight is 333 g/mol. The molecule has 1 heterocycles. The SMILES string of the molecule is Nc1ccccc1S[C@H]1CC(=O)N(c2ccccc2Cl)C1=O. The number of nitrogens with two attached hydrogens (primary N) is 1. The number of carbonyl (C=O) groups is 2. The average Bonchev–Trinajstić information content (AvgIpc) is 2.77. The second-order valence-corrected chi connectivity index (χ2v) is 6.52. The molecule has 0 bridgehead atoms. The largest absolute Gasteiger partial charge is 0.398 e. The van der Waals surface area contributed by atoms with E-state index in [-0.39, 0.29) is 18.2 Å². The predicted octanol–water partition coefficient (Wildman–Crippen LogP) is 3.35. The maximum Gasteiger partial charge on any atom is 0.247 e. The zero-order valence-corrected chi connectivity index (χ0v) is 13.1. The number of anilines is 2. The molecule has 0 unspecified atom stereocenters. The van der Waals surface area contributed by atoms with E-state index >= 15 is 0 Å². The van der Waals surface area contributed by atoms with Crippen molar-refractivity contribution in [2.24, 2.45) is 0 Å². The Morgan fingerprint density at radius 1 is 1.09 bits per heavy atom. The highest BCUT2D eigenvalue weighted by atomic mass is 35.5. The molecule has 0 radical (unpaired) electrons. The van der Waals surface area contributed by atoms with E-state index in [9.17, 15) is 9.59 Å². The van der Waals surface area contributed by atoms with Crippen LogP contribution in [0.5, 0.6) is 0 Å². The van der Waals surface area contributed by atoms with Crippen molar-refractivity contribution in [1.29, 1.82) is 0 Å². The molecule has 4 nitrogen and oxygen atoms in total. The minimum Gasteiger partial charge on any atom is -0.398 e. The third kappa shape index (κ3) is 2.69. The first-order valence-corrected chi connectivity index (χ1v) is 7.96. The lowest BCUT2D eigenvalue weighted by Gasteiger charge is -2.16. The molecule has 22 heavy (non-hydrogen) atoms. The van der Waals surface area contributed by atoms with E-state index in [1.165, 1.54) is 16.7 Å². The van der Waals surface area contributed by atoms with Crippen molar-refractivity contribution in [3.8, 4) is 0 Å². The van der Waals surface area contributed by atoms with Gasteiger partial charge in [0, 0.05) is 17.0 Å². The van der Waals surface area contributed by atoms with Crippen LogP contribution in [0.25, 0.3) is 0 Å². The van der Waals surface area contributed by atoms with Crippen molar-refractivity contribution in [2.45, 2.75) is 16.6 Å². The summed E-state index contributed by atoms with van der Waals surface area (Å²) in [6, 6.07) is 14.1. The molecule has 0 aromatic heterocycles. The van der Waals surface area contributed by atoms with E-state index in [4.69, 9.17) is 17.3 Å². The number of hydrogen-bond acceptors (Lipinski definition) is 4. The molecule has 2 amide bonds. The van der Waals surface area contributed by atoms with Crippen molar-refractivity contribution in [2.75, 3.05) is 10.6 Å². The molecular formula is C16H13ClN2O2S. The van der Waals surface area contributed by atoms with E-state index in [0.29, 0.717) is 16.4 Å². The summed E-state index contributed by atoms with van der Waals surface area (Å²) in [4.78, 5) is 26.8. The maximum atomic E-state index is 12.6. The summed E-state index contributed by atoms with van der Waals surface area (Å²) >= 11 is 7.41. The monoisotopic (exact) mass is 332 g/mol. The molecule has 2 aromatic rings. The number of nitrogen functional groups attached to an aromatic ring is 1. The summed E-state index contributed by atoms with van der Waals surface area (Å²) < 4.78 is 0.